The molecule has 1 saturated carbocycles. The first-order chi connectivity index (χ1) is 9.63. The summed E-state index contributed by atoms with van der Waals surface area (Å²) in [6.07, 6.45) is 4.79. The standard InChI is InChI=1S/C14H18FN5/c1-2-14(6-3-7-14)9-20-13(17-18-19-20)10-4-5-12(16)11(15)8-10/h4-5,8H,2-3,6-7,9,16H2,1H3. The van der Waals surface area contributed by atoms with Crippen molar-refractivity contribution in [2.75, 3.05) is 5.73 Å². The van der Waals surface area contributed by atoms with E-state index in [0.717, 1.165) is 13.0 Å². The zero-order valence-corrected chi connectivity index (χ0v) is 11.5. The van der Waals surface area contributed by atoms with Crippen molar-refractivity contribution >= 4 is 5.69 Å². The maximum absolute atomic E-state index is 13.6. The quantitative estimate of drug-likeness (QED) is 0.871. The number of nitrogen functional groups attached to an aromatic ring is 1. The summed E-state index contributed by atoms with van der Waals surface area (Å²) in [5.74, 6) is 0.162. The minimum atomic E-state index is -0.439. The van der Waals surface area contributed by atoms with Crippen molar-refractivity contribution in [3.8, 4) is 11.4 Å². The molecule has 0 saturated heterocycles. The van der Waals surface area contributed by atoms with Gasteiger partial charge in [-0.1, -0.05) is 13.3 Å². The molecule has 0 aliphatic heterocycles. The van der Waals surface area contributed by atoms with Crippen LogP contribution >= 0.6 is 0 Å². The highest BCUT2D eigenvalue weighted by Crippen LogP contribution is 2.45. The fourth-order valence-electron chi connectivity index (χ4n) is 2.80. The van der Waals surface area contributed by atoms with Gasteiger partial charge in [0.1, 0.15) is 5.82 Å². The van der Waals surface area contributed by atoms with Crippen LogP contribution < -0.4 is 5.73 Å². The zero-order chi connectivity index (χ0) is 14.2. The maximum Gasteiger partial charge on any atom is 0.182 e. The largest absolute Gasteiger partial charge is 0.396 e. The van der Waals surface area contributed by atoms with Crippen LogP contribution in [0.3, 0.4) is 0 Å². The average Bonchev–Trinajstić information content (AvgIpc) is 2.85. The number of hydrogen-bond donors (Lipinski definition) is 1. The Morgan fingerprint density at radius 2 is 2.20 bits per heavy atom. The molecular formula is C14H18FN5. The van der Waals surface area contributed by atoms with E-state index in [9.17, 15) is 4.39 Å². The number of hydrogen-bond acceptors (Lipinski definition) is 4. The molecule has 20 heavy (non-hydrogen) atoms. The van der Waals surface area contributed by atoms with Gasteiger partial charge >= 0.3 is 0 Å². The Kier molecular flexibility index (Phi) is 3.16. The van der Waals surface area contributed by atoms with E-state index in [4.69, 9.17) is 5.73 Å². The summed E-state index contributed by atoms with van der Waals surface area (Å²) in [4.78, 5) is 0. The first-order valence-electron chi connectivity index (χ1n) is 6.95. The summed E-state index contributed by atoms with van der Waals surface area (Å²) in [7, 11) is 0. The Bertz CT molecular complexity index is 612. The average molecular weight is 275 g/mol. The van der Waals surface area contributed by atoms with Gasteiger partial charge in [0.15, 0.2) is 5.82 Å². The third-order valence-corrected chi connectivity index (χ3v) is 4.44. The van der Waals surface area contributed by atoms with Crippen LogP contribution in [-0.4, -0.2) is 20.2 Å². The van der Waals surface area contributed by atoms with E-state index in [1.54, 1.807) is 16.8 Å². The van der Waals surface area contributed by atoms with Crippen LogP contribution in [0.4, 0.5) is 10.1 Å². The summed E-state index contributed by atoms with van der Waals surface area (Å²) in [5.41, 5.74) is 6.60. The Morgan fingerprint density at radius 1 is 1.40 bits per heavy atom. The van der Waals surface area contributed by atoms with Crippen molar-refractivity contribution in [2.45, 2.75) is 39.2 Å². The Labute approximate surface area is 117 Å². The first kappa shape index (κ1) is 13.0. The molecule has 1 fully saturated rings. The van der Waals surface area contributed by atoms with Crippen molar-refractivity contribution < 1.29 is 4.39 Å². The minimum absolute atomic E-state index is 0.136. The molecule has 106 valence electrons. The lowest BCUT2D eigenvalue weighted by Crippen LogP contribution is -2.34. The third kappa shape index (κ3) is 2.15. The lowest BCUT2D eigenvalue weighted by Gasteiger charge is -2.41. The molecule has 1 aromatic carbocycles. The normalized spacial score (nSPS) is 16.9. The lowest BCUT2D eigenvalue weighted by molar-refractivity contribution is 0.0948. The fraction of sp³-hybridized carbons (Fsp3) is 0.500. The number of aromatic nitrogens is 4. The Morgan fingerprint density at radius 3 is 2.80 bits per heavy atom. The van der Waals surface area contributed by atoms with Crippen molar-refractivity contribution in [3.63, 3.8) is 0 Å². The van der Waals surface area contributed by atoms with Crippen molar-refractivity contribution in [2.24, 2.45) is 5.41 Å². The van der Waals surface area contributed by atoms with Gasteiger partial charge in [-0.3, -0.25) is 0 Å². The Balaban J connectivity index is 1.91. The molecule has 6 heteroatoms. The van der Waals surface area contributed by atoms with E-state index in [0.29, 0.717) is 16.8 Å². The van der Waals surface area contributed by atoms with Crippen molar-refractivity contribution in [3.05, 3.63) is 24.0 Å². The number of nitrogens with zero attached hydrogens (tertiary/aromatic N) is 4. The number of rotatable bonds is 4. The summed E-state index contributed by atoms with van der Waals surface area (Å²) in [5, 5.41) is 11.8. The van der Waals surface area contributed by atoms with E-state index in [2.05, 4.69) is 22.4 Å². The molecular weight excluding hydrogens is 257 g/mol. The van der Waals surface area contributed by atoms with Crippen molar-refractivity contribution in [1.29, 1.82) is 0 Å². The van der Waals surface area contributed by atoms with Gasteiger partial charge in [-0.2, -0.15) is 0 Å². The van der Waals surface area contributed by atoms with Gasteiger partial charge < -0.3 is 5.73 Å². The highest BCUT2D eigenvalue weighted by molar-refractivity contribution is 5.59. The van der Waals surface area contributed by atoms with Gasteiger partial charge in [-0.05, 0) is 53.3 Å². The van der Waals surface area contributed by atoms with E-state index in [-0.39, 0.29) is 5.69 Å². The SMILES string of the molecule is CCC1(Cn2nnnc2-c2ccc(N)c(F)c2)CCC1. The molecule has 2 N–H and O–H groups in total. The molecule has 1 aromatic heterocycles. The number of benzene rings is 1. The number of nitrogens with two attached hydrogens (primary N) is 1. The predicted octanol–water partition coefficient (Wildman–Crippen LogP) is 2.64. The van der Waals surface area contributed by atoms with Gasteiger partial charge in [0.2, 0.25) is 0 Å². The second kappa shape index (κ2) is 4.85. The molecule has 0 spiro atoms. The summed E-state index contributed by atoms with van der Waals surface area (Å²) in [6, 6.07) is 4.68. The van der Waals surface area contributed by atoms with Crippen LogP contribution in [0.2, 0.25) is 0 Å². The molecule has 3 rings (SSSR count). The molecule has 1 heterocycles. The highest BCUT2D eigenvalue weighted by atomic mass is 19.1. The lowest BCUT2D eigenvalue weighted by atomic mass is 9.67. The number of halogens is 1. The summed E-state index contributed by atoms with van der Waals surface area (Å²) in [6.45, 7) is 2.99. The van der Waals surface area contributed by atoms with Crippen LogP contribution in [0.15, 0.2) is 18.2 Å². The smallest absolute Gasteiger partial charge is 0.182 e. The van der Waals surface area contributed by atoms with Gasteiger partial charge in [-0.25, -0.2) is 9.07 Å². The molecule has 0 radical (unpaired) electrons. The van der Waals surface area contributed by atoms with Crippen LogP contribution in [0, 0.1) is 11.2 Å². The molecule has 2 aromatic rings. The molecule has 0 unspecified atom stereocenters. The van der Waals surface area contributed by atoms with Gasteiger partial charge in [0.05, 0.1) is 12.2 Å². The first-order valence-corrected chi connectivity index (χ1v) is 6.95. The molecule has 1 aliphatic carbocycles. The number of tetrazole rings is 1. The van der Waals surface area contributed by atoms with Crippen LogP contribution in [0.5, 0.6) is 0 Å². The van der Waals surface area contributed by atoms with Gasteiger partial charge in [0, 0.05) is 5.56 Å². The topological polar surface area (TPSA) is 69.6 Å². The van der Waals surface area contributed by atoms with E-state index >= 15 is 0 Å². The maximum atomic E-state index is 13.6. The Hall–Kier alpha value is -1.98. The van der Waals surface area contributed by atoms with E-state index in [1.165, 1.54) is 25.3 Å². The molecule has 0 atom stereocenters. The van der Waals surface area contributed by atoms with Crippen LogP contribution in [0.25, 0.3) is 11.4 Å². The zero-order valence-electron chi connectivity index (χ0n) is 11.5. The third-order valence-electron chi connectivity index (χ3n) is 4.44. The summed E-state index contributed by atoms with van der Waals surface area (Å²) >= 11 is 0. The van der Waals surface area contributed by atoms with E-state index in [1.807, 2.05) is 0 Å². The van der Waals surface area contributed by atoms with Gasteiger partial charge in [-0.15, -0.1) is 5.10 Å². The number of anilines is 1. The molecule has 5 nitrogen and oxygen atoms in total. The second-order valence-corrected chi connectivity index (χ2v) is 5.60. The van der Waals surface area contributed by atoms with E-state index < -0.39 is 5.82 Å². The monoisotopic (exact) mass is 275 g/mol. The van der Waals surface area contributed by atoms with Crippen LogP contribution in [0.1, 0.15) is 32.6 Å². The predicted molar refractivity (Wildman–Crippen MR) is 74.2 cm³/mol. The molecule has 0 amide bonds. The summed E-state index contributed by atoms with van der Waals surface area (Å²) < 4.78 is 15.4. The molecule has 1 aliphatic rings. The van der Waals surface area contributed by atoms with Crippen molar-refractivity contribution in [1.82, 2.24) is 20.2 Å². The molecule has 0 bridgehead atoms. The fourth-order valence-corrected chi connectivity index (χ4v) is 2.80. The van der Waals surface area contributed by atoms with Crippen LogP contribution in [-0.2, 0) is 6.54 Å². The second-order valence-electron chi connectivity index (χ2n) is 5.60. The van der Waals surface area contributed by atoms with Gasteiger partial charge in [0.25, 0.3) is 0 Å². The minimum Gasteiger partial charge on any atom is -0.396 e. The highest BCUT2D eigenvalue weighted by Gasteiger charge is 2.36.